The number of nitro benzene ring substituents is 1. The van der Waals surface area contributed by atoms with Gasteiger partial charge in [-0.2, -0.15) is 4.68 Å². The Kier molecular flexibility index (Phi) is 5.27. The van der Waals surface area contributed by atoms with Crippen LogP contribution in [-0.4, -0.2) is 35.3 Å². The first-order chi connectivity index (χ1) is 14.4. The summed E-state index contributed by atoms with van der Waals surface area (Å²) in [6.07, 6.45) is 0. The maximum absolute atomic E-state index is 10.8. The molecule has 0 radical (unpaired) electrons. The van der Waals surface area contributed by atoms with Crippen molar-refractivity contribution >= 4 is 17.4 Å². The van der Waals surface area contributed by atoms with Crippen molar-refractivity contribution in [2.45, 2.75) is 31.2 Å². The number of nitro groups is 1. The van der Waals surface area contributed by atoms with Crippen LogP contribution in [0.15, 0.2) is 52.0 Å². The fourth-order valence-electron chi connectivity index (χ4n) is 2.72. The first-order valence-corrected chi connectivity index (χ1v) is 9.91. The fourth-order valence-corrected chi connectivity index (χ4v) is 3.56. The molecule has 2 aromatic carbocycles. The Morgan fingerprint density at radius 2 is 1.83 bits per heavy atom. The average molecular weight is 423 g/mol. The van der Waals surface area contributed by atoms with Gasteiger partial charge in [0.15, 0.2) is 0 Å². The molecule has 1 unspecified atom stereocenters. The quantitative estimate of drug-likeness (QED) is 0.256. The molecule has 0 spiro atoms. The van der Waals surface area contributed by atoms with Crippen LogP contribution in [0.2, 0.25) is 0 Å². The second-order valence-corrected chi connectivity index (χ2v) is 7.96. The molecule has 0 amide bonds. The van der Waals surface area contributed by atoms with Gasteiger partial charge in [-0.15, -0.1) is 15.3 Å². The van der Waals surface area contributed by atoms with Gasteiger partial charge < -0.3 is 4.42 Å². The minimum absolute atomic E-state index is 0.000547. The maximum Gasteiger partial charge on any atom is 0.269 e. The molecule has 2 heterocycles. The van der Waals surface area contributed by atoms with Crippen molar-refractivity contribution in [3.05, 3.63) is 69.6 Å². The highest BCUT2D eigenvalue weighted by Crippen LogP contribution is 2.34. The van der Waals surface area contributed by atoms with E-state index in [-0.39, 0.29) is 10.9 Å². The van der Waals surface area contributed by atoms with Gasteiger partial charge in [-0.3, -0.25) is 10.1 Å². The number of benzene rings is 2. The first-order valence-electron chi connectivity index (χ1n) is 9.03. The van der Waals surface area contributed by atoms with Crippen molar-refractivity contribution in [2.24, 2.45) is 0 Å². The van der Waals surface area contributed by atoms with Crippen LogP contribution >= 0.6 is 11.8 Å². The molecular weight excluding hydrogens is 406 g/mol. The van der Waals surface area contributed by atoms with Crippen LogP contribution in [0, 0.1) is 24.0 Å². The lowest BCUT2D eigenvalue weighted by Gasteiger charge is -2.08. The van der Waals surface area contributed by atoms with E-state index in [1.807, 2.05) is 32.0 Å². The van der Waals surface area contributed by atoms with E-state index < -0.39 is 4.92 Å². The van der Waals surface area contributed by atoms with Gasteiger partial charge in [0.1, 0.15) is 0 Å². The molecular formula is C19H17N7O3S. The van der Waals surface area contributed by atoms with Crippen LogP contribution in [0.1, 0.15) is 29.2 Å². The van der Waals surface area contributed by atoms with Crippen molar-refractivity contribution in [3.8, 4) is 17.1 Å². The number of nitrogens with zero attached hydrogens (tertiary/aromatic N) is 7. The molecule has 152 valence electrons. The average Bonchev–Trinajstić information content (AvgIpc) is 3.40. The summed E-state index contributed by atoms with van der Waals surface area (Å²) in [7, 11) is 0. The molecule has 10 nitrogen and oxygen atoms in total. The molecule has 1 atom stereocenters. The highest BCUT2D eigenvalue weighted by atomic mass is 32.2. The molecule has 0 fully saturated rings. The van der Waals surface area contributed by atoms with E-state index >= 15 is 0 Å². The van der Waals surface area contributed by atoms with Crippen LogP contribution in [-0.2, 0) is 0 Å². The Morgan fingerprint density at radius 3 is 2.53 bits per heavy atom. The zero-order valence-electron chi connectivity index (χ0n) is 16.4. The minimum Gasteiger partial charge on any atom is -0.419 e. The monoisotopic (exact) mass is 423 g/mol. The molecule has 30 heavy (non-hydrogen) atoms. The summed E-state index contributed by atoms with van der Waals surface area (Å²) < 4.78 is 7.44. The highest BCUT2D eigenvalue weighted by Gasteiger charge is 2.20. The summed E-state index contributed by atoms with van der Waals surface area (Å²) in [6.45, 7) is 6.00. The summed E-state index contributed by atoms with van der Waals surface area (Å²) in [5.74, 6) is 0.698. The SMILES string of the molecule is Cc1ccc(-n2nnnc2SC(C)c2nnc(-c3ccc([N+](=O)[O-])cc3)o2)cc1C. The zero-order chi connectivity index (χ0) is 21.3. The van der Waals surface area contributed by atoms with Gasteiger partial charge in [-0.25, -0.2) is 0 Å². The van der Waals surface area contributed by atoms with Crippen molar-refractivity contribution in [1.82, 2.24) is 30.4 Å². The van der Waals surface area contributed by atoms with E-state index in [1.54, 1.807) is 16.8 Å². The number of tetrazole rings is 1. The lowest BCUT2D eigenvalue weighted by Crippen LogP contribution is -2.01. The van der Waals surface area contributed by atoms with E-state index in [1.165, 1.54) is 29.5 Å². The third-order valence-electron chi connectivity index (χ3n) is 4.57. The van der Waals surface area contributed by atoms with Gasteiger partial charge >= 0.3 is 0 Å². The minimum atomic E-state index is -0.457. The van der Waals surface area contributed by atoms with Crippen LogP contribution < -0.4 is 0 Å². The van der Waals surface area contributed by atoms with Crippen LogP contribution in [0.4, 0.5) is 5.69 Å². The van der Waals surface area contributed by atoms with E-state index in [2.05, 4.69) is 32.6 Å². The molecule has 0 aliphatic rings. The molecule has 11 heteroatoms. The van der Waals surface area contributed by atoms with Crippen molar-refractivity contribution < 1.29 is 9.34 Å². The predicted molar refractivity (Wildman–Crippen MR) is 109 cm³/mol. The number of hydrogen-bond donors (Lipinski definition) is 0. The largest absolute Gasteiger partial charge is 0.419 e. The fraction of sp³-hybridized carbons (Fsp3) is 0.211. The summed E-state index contributed by atoms with van der Waals surface area (Å²) >= 11 is 1.39. The Bertz CT molecular complexity index is 1200. The number of thioether (sulfide) groups is 1. The Labute approximate surface area is 175 Å². The van der Waals surface area contributed by atoms with Gasteiger partial charge in [-0.05, 0) is 66.6 Å². The zero-order valence-corrected chi connectivity index (χ0v) is 17.2. The molecule has 0 N–H and O–H groups in total. The van der Waals surface area contributed by atoms with Crippen molar-refractivity contribution in [3.63, 3.8) is 0 Å². The molecule has 0 aliphatic carbocycles. The number of aromatic nitrogens is 6. The van der Waals surface area contributed by atoms with E-state index in [9.17, 15) is 10.1 Å². The van der Waals surface area contributed by atoms with E-state index in [4.69, 9.17) is 4.42 Å². The van der Waals surface area contributed by atoms with Gasteiger partial charge in [0, 0.05) is 17.7 Å². The Hall–Kier alpha value is -3.60. The second-order valence-electron chi connectivity index (χ2n) is 6.65. The van der Waals surface area contributed by atoms with Gasteiger partial charge in [0.05, 0.1) is 15.9 Å². The number of non-ortho nitro benzene ring substituents is 1. The van der Waals surface area contributed by atoms with Crippen LogP contribution in [0.5, 0.6) is 0 Å². The lowest BCUT2D eigenvalue weighted by molar-refractivity contribution is -0.384. The molecule has 4 aromatic rings. The van der Waals surface area contributed by atoms with E-state index in [0.29, 0.717) is 22.5 Å². The van der Waals surface area contributed by atoms with E-state index in [0.717, 1.165) is 11.3 Å². The highest BCUT2D eigenvalue weighted by molar-refractivity contribution is 7.99. The standard InChI is InChI=1S/C19H17N7O3S/c1-11-4-7-16(10-12(11)2)25-19(22-23-24-25)30-13(3)17-20-21-18(29-17)14-5-8-15(9-6-14)26(27)28/h4-10,13H,1-3H3. The maximum atomic E-state index is 10.8. The molecule has 0 saturated carbocycles. The predicted octanol–water partition coefficient (Wildman–Crippen LogP) is 4.09. The smallest absolute Gasteiger partial charge is 0.269 e. The Balaban J connectivity index is 1.53. The van der Waals surface area contributed by atoms with Crippen molar-refractivity contribution in [2.75, 3.05) is 0 Å². The molecule has 0 saturated heterocycles. The van der Waals surface area contributed by atoms with Crippen molar-refractivity contribution in [1.29, 1.82) is 0 Å². The van der Waals surface area contributed by atoms with Crippen LogP contribution in [0.25, 0.3) is 17.1 Å². The number of rotatable bonds is 6. The summed E-state index contributed by atoms with van der Waals surface area (Å²) in [5.41, 5.74) is 3.82. The van der Waals surface area contributed by atoms with Crippen LogP contribution in [0.3, 0.4) is 0 Å². The summed E-state index contributed by atoms with van der Waals surface area (Å²) in [5, 5.41) is 31.3. The molecule has 4 rings (SSSR count). The van der Waals surface area contributed by atoms with Gasteiger partial charge in [0.2, 0.25) is 16.9 Å². The molecule has 2 aromatic heterocycles. The second kappa shape index (κ2) is 8.03. The third kappa shape index (κ3) is 3.92. The normalized spacial score (nSPS) is 12.1. The first kappa shape index (κ1) is 19.7. The Morgan fingerprint density at radius 1 is 1.07 bits per heavy atom. The van der Waals surface area contributed by atoms with Gasteiger partial charge in [-0.1, -0.05) is 17.8 Å². The third-order valence-corrected chi connectivity index (χ3v) is 5.59. The molecule has 0 aliphatic heterocycles. The van der Waals surface area contributed by atoms with Gasteiger partial charge in [0.25, 0.3) is 5.69 Å². The summed E-state index contributed by atoms with van der Waals surface area (Å²) in [4.78, 5) is 10.3. The topological polar surface area (TPSA) is 126 Å². The lowest BCUT2D eigenvalue weighted by atomic mass is 10.1. The summed E-state index contributed by atoms with van der Waals surface area (Å²) in [6, 6.07) is 12.0. The molecule has 0 bridgehead atoms. The number of hydrogen-bond acceptors (Lipinski definition) is 9. The number of aryl methyl sites for hydroxylation is 2.